The highest BCUT2D eigenvalue weighted by Crippen LogP contribution is 2.40. The van der Waals surface area contributed by atoms with Gasteiger partial charge in [0, 0.05) is 85.3 Å². The van der Waals surface area contributed by atoms with Gasteiger partial charge >= 0.3 is 12.2 Å². The summed E-state index contributed by atoms with van der Waals surface area (Å²) in [4.78, 5) is 45.9. The number of amides is 2. The second-order valence-corrected chi connectivity index (χ2v) is 19.6. The number of carbonyl (C=O) groups is 2. The lowest BCUT2D eigenvalue weighted by Crippen LogP contribution is -2.41. The van der Waals surface area contributed by atoms with E-state index in [9.17, 15) is 22.8 Å². The SMILES string of the molecule is CC(C)(C)OC(=O)N1CCC(c2nc(-c3ccc(F)cc3)c(-c3ccnc(F)c3)o2)CC1.CC(C)(C)OC(=O)N1CCC(c2nc(-c3ccc(F)cc3)c(-c3ccnc(NCC4CC4)c3)o2)CC1. The molecule has 0 spiro atoms. The summed E-state index contributed by atoms with van der Waals surface area (Å²) in [7, 11) is 0. The molecule has 3 aliphatic rings. The van der Waals surface area contributed by atoms with E-state index in [1.54, 1.807) is 46.3 Å². The highest BCUT2D eigenvalue weighted by Gasteiger charge is 2.33. The van der Waals surface area contributed by atoms with Crippen molar-refractivity contribution in [3.63, 3.8) is 0 Å². The Bertz CT molecular complexity index is 2670. The second-order valence-electron chi connectivity index (χ2n) is 19.6. The Morgan fingerprint density at radius 3 is 1.44 bits per heavy atom. The van der Waals surface area contributed by atoms with Crippen LogP contribution < -0.4 is 5.32 Å². The van der Waals surface area contributed by atoms with Crippen LogP contribution in [0.25, 0.3) is 45.2 Å². The predicted molar refractivity (Wildman–Crippen MR) is 251 cm³/mol. The lowest BCUT2D eigenvalue weighted by Gasteiger charge is -2.32. The fourth-order valence-corrected chi connectivity index (χ4v) is 8.07. The van der Waals surface area contributed by atoms with Gasteiger partial charge in [0.2, 0.25) is 5.95 Å². The van der Waals surface area contributed by atoms with E-state index in [0.29, 0.717) is 84.8 Å². The maximum Gasteiger partial charge on any atom is 0.410 e. The molecule has 0 bridgehead atoms. The van der Waals surface area contributed by atoms with Crippen LogP contribution in [0.2, 0.25) is 0 Å². The first-order valence-electron chi connectivity index (χ1n) is 23.3. The number of rotatable bonds is 9. The van der Waals surface area contributed by atoms with Crippen LogP contribution in [0, 0.1) is 23.5 Å². The third-order valence-electron chi connectivity index (χ3n) is 11.8. The van der Waals surface area contributed by atoms with Gasteiger partial charge < -0.3 is 33.4 Å². The summed E-state index contributed by atoms with van der Waals surface area (Å²) in [5.74, 6) is 2.51. The number of benzene rings is 2. The standard InChI is InChI=1S/C28H33FN4O3.C24H25F2N3O3/c1-28(2,3)36-27(34)33-14-11-20(12-15-33)26-32-24(19-6-8-22(29)9-7-19)25(35-26)21-10-13-30-23(16-21)31-17-18-4-5-18;1-24(2,3)32-23(30)29-12-9-16(10-13-29)22-28-20(15-4-6-18(25)7-5-15)21(31-22)17-8-11-27-19(26)14-17/h6-10,13,16,18,20H,4-5,11-12,14-15,17H2,1-3H3,(H,30,31);4-8,11,14,16H,9-10,12-13H2,1-3H3. The van der Waals surface area contributed by atoms with Crippen LogP contribution >= 0.6 is 0 Å². The summed E-state index contributed by atoms with van der Waals surface area (Å²) in [6.07, 6.45) is 7.81. The minimum atomic E-state index is -0.629. The number of aromatic nitrogens is 4. The normalized spacial score (nSPS) is 16.0. The number of oxazole rings is 2. The van der Waals surface area contributed by atoms with Gasteiger partial charge in [-0.25, -0.2) is 38.3 Å². The molecule has 16 heteroatoms. The van der Waals surface area contributed by atoms with Gasteiger partial charge in [0.15, 0.2) is 23.3 Å². The molecular formula is C52H58F3N7O6. The molecule has 0 unspecified atom stereocenters. The molecule has 358 valence electrons. The molecule has 2 amide bonds. The Balaban J connectivity index is 0.000000185. The van der Waals surface area contributed by atoms with Crippen LogP contribution in [0.15, 0.2) is 94.0 Å². The Labute approximate surface area is 394 Å². The minimum Gasteiger partial charge on any atom is -0.444 e. The molecule has 4 aromatic heterocycles. The van der Waals surface area contributed by atoms with Crippen LogP contribution in [0.5, 0.6) is 0 Å². The van der Waals surface area contributed by atoms with E-state index >= 15 is 0 Å². The van der Waals surface area contributed by atoms with Gasteiger partial charge in [-0.1, -0.05) is 0 Å². The molecule has 2 aliphatic heterocycles. The number of halogens is 3. The summed E-state index contributed by atoms with van der Waals surface area (Å²) in [5.41, 5.74) is 2.95. The fourth-order valence-electron chi connectivity index (χ4n) is 8.07. The van der Waals surface area contributed by atoms with Gasteiger partial charge in [-0.2, -0.15) is 4.39 Å². The van der Waals surface area contributed by atoms with Crippen LogP contribution in [0.3, 0.4) is 0 Å². The largest absolute Gasteiger partial charge is 0.444 e. The van der Waals surface area contributed by atoms with Crippen molar-refractivity contribution in [3.8, 4) is 45.2 Å². The average molecular weight is 934 g/mol. The van der Waals surface area contributed by atoms with Gasteiger partial charge in [-0.05, 0) is 153 Å². The van der Waals surface area contributed by atoms with E-state index in [-0.39, 0.29) is 35.7 Å². The zero-order chi connectivity index (χ0) is 48.2. The van der Waals surface area contributed by atoms with E-state index in [4.69, 9.17) is 28.3 Å². The zero-order valence-corrected chi connectivity index (χ0v) is 39.4. The van der Waals surface area contributed by atoms with Crippen LogP contribution in [-0.4, -0.2) is 85.8 Å². The van der Waals surface area contributed by atoms with Crippen molar-refractivity contribution >= 4 is 18.0 Å². The van der Waals surface area contributed by atoms with Gasteiger partial charge in [0.05, 0.1) is 0 Å². The Kier molecular flexibility index (Phi) is 14.2. The molecule has 6 heterocycles. The lowest BCUT2D eigenvalue weighted by molar-refractivity contribution is 0.0189. The van der Waals surface area contributed by atoms with Crippen molar-refractivity contribution in [3.05, 3.63) is 115 Å². The molecule has 9 rings (SSSR count). The van der Waals surface area contributed by atoms with Crippen molar-refractivity contribution in [1.29, 1.82) is 0 Å². The molecule has 0 atom stereocenters. The Morgan fingerprint density at radius 2 is 1.03 bits per heavy atom. The highest BCUT2D eigenvalue weighted by molar-refractivity contribution is 5.78. The number of nitrogens with one attached hydrogen (secondary N) is 1. The van der Waals surface area contributed by atoms with E-state index in [1.807, 2.05) is 53.7 Å². The topological polar surface area (TPSA) is 149 Å². The summed E-state index contributed by atoms with van der Waals surface area (Å²) >= 11 is 0. The van der Waals surface area contributed by atoms with Crippen molar-refractivity contribution in [2.75, 3.05) is 38.0 Å². The number of carbonyl (C=O) groups excluding carboxylic acids is 2. The molecule has 6 aromatic rings. The smallest absolute Gasteiger partial charge is 0.410 e. The van der Waals surface area contributed by atoms with Crippen molar-refractivity contribution < 1.29 is 41.1 Å². The Morgan fingerprint density at radius 1 is 0.603 bits per heavy atom. The molecule has 1 aliphatic carbocycles. The molecule has 0 radical (unpaired) electrons. The number of likely N-dealkylation sites (tertiary alicyclic amines) is 2. The number of piperidine rings is 2. The van der Waals surface area contributed by atoms with E-state index in [0.717, 1.165) is 42.2 Å². The van der Waals surface area contributed by atoms with E-state index < -0.39 is 17.1 Å². The van der Waals surface area contributed by atoms with Crippen molar-refractivity contribution in [2.24, 2.45) is 5.92 Å². The van der Waals surface area contributed by atoms with Gasteiger partial charge in [0.25, 0.3) is 0 Å². The first-order chi connectivity index (χ1) is 32.4. The van der Waals surface area contributed by atoms with E-state index in [2.05, 4.69) is 15.3 Å². The maximum absolute atomic E-state index is 13.8. The quantitative estimate of drug-likeness (QED) is 0.138. The average Bonchev–Trinajstić information content (AvgIpc) is 3.86. The molecular weight excluding hydrogens is 876 g/mol. The molecule has 68 heavy (non-hydrogen) atoms. The van der Waals surface area contributed by atoms with Crippen molar-refractivity contribution in [1.82, 2.24) is 29.7 Å². The zero-order valence-electron chi connectivity index (χ0n) is 39.4. The molecule has 2 saturated heterocycles. The third-order valence-corrected chi connectivity index (χ3v) is 11.8. The first-order valence-corrected chi connectivity index (χ1v) is 23.3. The predicted octanol–water partition coefficient (Wildman–Crippen LogP) is 12.3. The van der Waals surface area contributed by atoms with Crippen molar-refractivity contribution in [2.45, 2.75) is 103 Å². The van der Waals surface area contributed by atoms with Crippen LogP contribution in [0.1, 0.15) is 104 Å². The Hall–Kier alpha value is -6.71. The number of anilines is 1. The number of pyridine rings is 2. The number of ether oxygens (including phenoxy) is 2. The summed E-state index contributed by atoms with van der Waals surface area (Å²) in [6.45, 7) is 14.2. The van der Waals surface area contributed by atoms with Gasteiger partial charge in [-0.3, -0.25) is 0 Å². The number of nitrogens with zero attached hydrogens (tertiary/aromatic N) is 6. The number of hydrogen-bond acceptors (Lipinski definition) is 11. The fraction of sp³-hybridized carbons (Fsp3) is 0.423. The summed E-state index contributed by atoms with van der Waals surface area (Å²) in [6, 6.07) is 19.0. The molecule has 2 aromatic carbocycles. The van der Waals surface area contributed by atoms with Gasteiger partial charge in [-0.15, -0.1) is 0 Å². The first kappa shape index (κ1) is 47.8. The number of hydrogen-bond donors (Lipinski definition) is 1. The molecule has 3 fully saturated rings. The highest BCUT2D eigenvalue weighted by atomic mass is 19.1. The summed E-state index contributed by atoms with van der Waals surface area (Å²) < 4.78 is 64.3. The van der Waals surface area contributed by atoms with E-state index in [1.165, 1.54) is 49.4 Å². The van der Waals surface area contributed by atoms with Crippen LogP contribution in [0.4, 0.5) is 28.6 Å². The lowest BCUT2D eigenvalue weighted by atomic mass is 9.97. The summed E-state index contributed by atoms with van der Waals surface area (Å²) in [5, 5.41) is 3.41. The monoisotopic (exact) mass is 933 g/mol. The second kappa shape index (κ2) is 20.3. The third kappa shape index (κ3) is 12.4. The molecule has 1 saturated carbocycles. The van der Waals surface area contributed by atoms with Gasteiger partial charge in [0.1, 0.15) is 40.0 Å². The maximum atomic E-state index is 13.8. The molecule has 13 nitrogen and oxygen atoms in total. The van der Waals surface area contributed by atoms with Crippen LogP contribution in [-0.2, 0) is 9.47 Å². The minimum absolute atomic E-state index is 0.00619. The molecule has 1 N–H and O–H groups in total.